The minimum Gasteiger partial charge on any atom is -0.310 e. The smallest absolute Gasteiger partial charge is 0.252 e. The van der Waals surface area contributed by atoms with E-state index in [9.17, 15) is 8.42 Å². The maximum absolute atomic E-state index is 12.4. The summed E-state index contributed by atoms with van der Waals surface area (Å²) in [4.78, 5) is 1.05. The quantitative estimate of drug-likeness (QED) is 0.802. The number of nitrogens with zero attached hydrogens (tertiary/aromatic N) is 1. The number of sulfonamides is 1. The second-order valence-corrected chi connectivity index (χ2v) is 9.21. The van der Waals surface area contributed by atoms with Crippen molar-refractivity contribution in [3.63, 3.8) is 0 Å². The molecule has 0 saturated carbocycles. The Morgan fingerprint density at radius 2 is 1.90 bits per heavy atom. The van der Waals surface area contributed by atoms with Crippen molar-refractivity contribution in [1.29, 1.82) is 0 Å². The average Bonchev–Trinajstić information content (AvgIpc) is 2.82. The van der Waals surface area contributed by atoms with E-state index >= 15 is 0 Å². The summed E-state index contributed by atoms with van der Waals surface area (Å²) in [6, 6.07) is 4.00. The third kappa shape index (κ3) is 5.16. The van der Waals surface area contributed by atoms with E-state index in [4.69, 9.17) is 0 Å². The normalized spacial score (nSPS) is 12.8. The molecule has 0 aliphatic heterocycles. The molecular weight excluding hydrogens is 292 g/mol. The Labute approximate surface area is 127 Å². The molecule has 1 aromatic rings. The van der Waals surface area contributed by atoms with Gasteiger partial charge < -0.3 is 5.32 Å². The highest BCUT2D eigenvalue weighted by Gasteiger charge is 2.22. The zero-order valence-corrected chi connectivity index (χ0v) is 14.6. The standard InChI is InChI=1S/C14H26N2O2S2/c1-11(2)8-9-16(5)20(17,18)14-7-6-13(19-14)10-15-12(3)4/h6-7,11-12,15H,8-10H2,1-5H3. The van der Waals surface area contributed by atoms with E-state index in [0.717, 1.165) is 11.3 Å². The molecule has 0 aliphatic carbocycles. The first-order valence-electron chi connectivity index (χ1n) is 7.02. The van der Waals surface area contributed by atoms with Gasteiger partial charge in [-0.2, -0.15) is 0 Å². The van der Waals surface area contributed by atoms with Crippen molar-refractivity contribution in [2.24, 2.45) is 5.92 Å². The van der Waals surface area contributed by atoms with E-state index in [1.54, 1.807) is 13.1 Å². The third-order valence-corrected chi connectivity index (χ3v) is 6.42. The largest absolute Gasteiger partial charge is 0.310 e. The van der Waals surface area contributed by atoms with Gasteiger partial charge in [-0.05, 0) is 24.5 Å². The summed E-state index contributed by atoms with van der Waals surface area (Å²) in [7, 11) is -1.67. The molecule has 1 aromatic heterocycles. The fraction of sp³-hybridized carbons (Fsp3) is 0.714. The first kappa shape index (κ1) is 17.6. The van der Waals surface area contributed by atoms with Gasteiger partial charge in [0.25, 0.3) is 10.0 Å². The van der Waals surface area contributed by atoms with Crippen LogP contribution in [0.3, 0.4) is 0 Å². The molecule has 0 aliphatic rings. The molecule has 0 bridgehead atoms. The number of nitrogens with one attached hydrogen (secondary N) is 1. The highest BCUT2D eigenvalue weighted by molar-refractivity contribution is 7.91. The van der Waals surface area contributed by atoms with E-state index in [1.165, 1.54) is 15.6 Å². The van der Waals surface area contributed by atoms with Crippen molar-refractivity contribution in [2.45, 2.75) is 50.9 Å². The van der Waals surface area contributed by atoms with Gasteiger partial charge in [-0.3, -0.25) is 0 Å². The van der Waals surface area contributed by atoms with Crippen LogP contribution in [0.5, 0.6) is 0 Å². The molecule has 4 nitrogen and oxygen atoms in total. The molecule has 0 saturated heterocycles. The third-order valence-electron chi connectivity index (χ3n) is 3.01. The summed E-state index contributed by atoms with van der Waals surface area (Å²) in [5.41, 5.74) is 0. The van der Waals surface area contributed by atoms with E-state index in [2.05, 4.69) is 33.0 Å². The van der Waals surface area contributed by atoms with Crippen LogP contribution in [-0.2, 0) is 16.6 Å². The summed E-state index contributed by atoms with van der Waals surface area (Å²) in [6.07, 6.45) is 0.878. The fourth-order valence-corrected chi connectivity index (χ4v) is 4.31. The zero-order valence-electron chi connectivity index (χ0n) is 13.0. The Morgan fingerprint density at radius 3 is 2.45 bits per heavy atom. The van der Waals surface area contributed by atoms with Gasteiger partial charge in [0.15, 0.2) is 0 Å². The molecule has 1 rings (SSSR count). The lowest BCUT2D eigenvalue weighted by Gasteiger charge is -2.17. The SMILES string of the molecule is CC(C)CCN(C)S(=O)(=O)c1ccc(CNC(C)C)s1. The maximum atomic E-state index is 12.4. The number of rotatable bonds is 8. The van der Waals surface area contributed by atoms with Gasteiger partial charge in [0.1, 0.15) is 4.21 Å². The summed E-state index contributed by atoms with van der Waals surface area (Å²) < 4.78 is 26.7. The van der Waals surface area contributed by atoms with Crippen LogP contribution in [-0.4, -0.2) is 32.4 Å². The van der Waals surface area contributed by atoms with Gasteiger partial charge in [-0.15, -0.1) is 11.3 Å². The Bertz CT molecular complexity index is 507. The van der Waals surface area contributed by atoms with Crippen LogP contribution >= 0.6 is 11.3 Å². The molecule has 0 amide bonds. The summed E-state index contributed by atoms with van der Waals surface area (Å²) in [5, 5.41) is 3.30. The predicted octanol–water partition coefficient (Wildman–Crippen LogP) is 2.91. The fourth-order valence-electron chi connectivity index (χ4n) is 1.61. The van der Waals surface area contributed by atoms with Crippen molar-refractivity contribution < 1.29 is 8.42 Å². The lowest BCUT2D eigenvalue weighted by atomic mass is 10.1. The van der Waals surface area contributed by atoms with Gasteiger partial charge in [0.2, 0.25) is 0 Å². The van der Waals surface area contributed by atoms with Crippen LogP contribution in [0.4, 0.5) is 0 Å². The summed E-state index contributed by atoms with van der Waals surface area (Å²) >= 11 is 1.35. The van der Waals surface area contributed by atoms with Gasteiger partial charge in [-0.25, -0.2) is 12.7 Å². The first-order chi connectivity index (χ1) is 9.23. The molecule has 0 unspecified atom stereocenters. The Kier molecular flexibility index (Phi) is 6.64. The molecule has 0 atom stereocenters. The van der Waals surface area contributed by atoms with Crippen LogP contribution in [0.1, 0.15) is 39.0 Å². The summed E-state index contributed by atoms with van der Waals surface area (Å²) in [6.45, 7) is 9.63. The zero-order chi connectivity index (χ0) is 15.3. The van der Waals surface area contributed by atoms with Crippen molar-refractivity contribution in [3.8, 4) is 0 Å². The molecule has 1 N–H and O–H groups in total. The minimum atomic E-state index is -3.33. The Morgan fingerprint density at radius 1 is 1.25 bits per heavy atom. The second kappa shape index (κ2) is 7.54. The molecule has 0 fully saturated rings. The van der Waals surface area contributed by atoms with E-state index in [0.29, 0.717) is 29.3 Å². The molecule has 20 heavy (non-hydrogen) atoms. The van der Waals surface area contributed by atoms with Crippen molar-refractivity contribution in [1.82, 2.24) is 9.62 Å². The van der Waals surface area contributed by atoms with E-state index in [1.807, 2.05) is 6.07 Å². The molecule has 6 heteroatoms. The molecular formula is C14H26N2O2S2. The summed E-state index contributed by atoms with van der Waals surface area (Å²) in [5.74, 6) is 0.502. The molecule has 1 heterocycles. The number of hydrogen-bond acceptors (Lipinski definition) is 4. The highest BCUT2D eigenvalue weighted by Crippen LogP contribution is 2.24. The highest BCUT2D eigenvalue weighted by atomic mass is 32.2. The minimum absolute atomic E-state index is 0.394. The monoisotopic (exact) mass is 318 g/mol. The van der Waals surface area contributed by atoms with Gasteiger partial charge in [-0.1, -0.05) is 27.7 Å². The second-order valence-electron chi connectivity index (χ2n) is 5.77. The van der Waals surface area contributed by atoms with Crippen molar-refractivity contribution in [3.05, 3.63) is 17.0 Å². The van der Waals surface area contributed by atoms with E-state index in [-0.39, 0.29) is 0 Å². The average molecular weight is 319 g/mol. The Balaban J connectivity index is 2.72. The lowest BCUT2D eigenvalue weighted by Crippen LogP contribution is -2.28. The molecule has 0 radical (unpaired) electrons. The van der Waals surface area contributed by atoms with E-state index < -0.39 is 10.0 Å². The maximum Gasteiger partial charge on any atom is 0.252 e. The number of thiophene rings is 1. The molecule has 116 valence electrons. The lowest BCUT2D eigenvalue weighted by molar-refractivity contribution is 0.429. The molecule has 0 aromatic carbocycles. The van der Waals surface area contributed by atoms with Crippen LogP contribution in [0, 0.1) is 5.92 Å². The van der Waals surface area contributed by atoms with Crippen molar-refractivity contribution >= 4 is 21.4 Å². The topological polar surface area (TPSA) is 49.4 Å². The first-order valence-corrected chi connectivity index (χ1v) is 9.27. The van der Waals surface area contributed by atoms with Gasteiger partial charge in [0, 0.05) is 31.1 Å². The van der Waals surface area contributed by atoms with Gasteiger partial charge >= 0.3 is 0 Å². The Hall–Kier alpha value is -0.430. The van der Waals surface area contributed by atoms with Crippen LogP contribution in [0.2, 0.25) is 0 Å². The van der Waals surface area contributed by atoms with Crippen molar-refractivity contribution in [2.75, 3.05) is 13.6 Å². The predicted molar refractivity (Wildman–Crippen MR) is 85.6 cm³/mol. The van der Waals surface area contributed by atoms with Gasteiger partial charge in [0.05, 0.1) is 0 Å². The number of hydrogen-bond donors (Lipinski definition) is 1. The molecule has 0 spiro atoms. The van der Waals surface area contributed by atoms with Crippen LogP contribution in [0.25, 0.3) is 0 Å². The van der Waals surface area contributed by atoms with Crippen LogP contribution < -0.4 is 5.32 Å². The van der Waals surface area contributed by atoms with Crippen LogP contribution in [0.15, 0.2) is 16.3 Å².